The molecule has 1 rings (SSSR count). The number of nitrogens with one attached hydrogen (secondary N) is 1. The van der Waals surface area contributed by atoms with Crippen LogP contribution in [0.1, 0.15) is 18.9 Å². The number of nitrogens with two attached hydrogens (primary N) is 1. The fourth-order valence-electron chi connectivity index (χ4n) is 1.66. The molecule has 0 saturated heterocycles. The number of amidine groups is 1. The number of anilines is 1. The molecule has 100 valence electrons. The largest absolute Gasteiger partial charge is 0.409 e. The SMILES string of the molecule is COCc1c(Br)cccc1NC(C)CC(N)=NO. The molecule has 1 unspecified atom stereocenters. The highest BCUT2D eigenvalue weighted by Gasteiger charge is 2.10. The van der Waals surface area contributed by atoms with E-state index in [4.69, 9.17) is 15.7 Å². The van der Waals surface area contributed by atoms with Crippen LogP contribution in [0.15, 0.2) is 27.8 Å². The molecule has 0 aliphatic rings. The summed E-state index contributed by atoms with van der Waals surface area (Å²) in [5, 5.41) is 14.8. The number of benzene rings is 1. The van der Waals surface area contributed by atoms with Gasteiger partial charge >= 0.3 is 0 Å². The van der Waals surface area contributed by atoms with Crippen molar-refractivity contribution in [2.24, 2.45) is 10.9 Å². The zero-order chi connectivity index (χ0) is 13.5. The minimum absolute atomic E-state index is 0.0609. The molecule has 1 aromatic carbocycles. The zero-order valence-corrected chi connectivity index (χ0v) is 12.1. The average molecular weight is 316 g/mol. The molecule has 0 fully saturated rings. The Hall–Kier alpha value is -1.27. The van der Waals surface area contributed by atoms with Gasteiger partial charge in [0.25, 0.3) is 0 Å². The van der Waals surface area contributed by atoms with E-state index in [1.54, 1.807) is 7.11 Å². The standard InChI is InChI=1S/C12H18BrN3O2/c1-8(6-12(14)16-17)15-11-5-3-4-10(13)9(11)7-18-2/h3-5,8,15,17H,6-7H2,1-2H3,(H2,14,16). The van der Waals surface area contributed by atoms with Crippen molar-refractivity contribution < 1.29 is 9.94 Å². The second-order valence-electron chi connectivity index (χ2n) is 4.04. The number of methoxy groups -OCH3 is 1. The van der Waals surface area contributed by atoms with Crippen LogP contribution >= 0.6 is 15.9 Å². The van der Waals surface area contributed by atoms with Crippen molar-refractivity contribution in [2.75, 3.05) is 12.4 Å². The highest BCUT2D eigenvalue weighted by Crippen LogP contribution is 2.26. The zero-order valence-electron chi connectivity index (χ0n) is 10.5. The van der Waals surface area contributed by atoms with Crippen molar-refractivity contribution in [3.8, 4) is 0 Å². The molecule has 0 aromatic heterocycles. The predicted molar refractivity (Wildman–Crippen MR) is 76.0 cm³/mol. The van der Waals surface area contributed by atoms with Crippen molar-refractivity contribution in [3.05, 3.63) is 28.2 Å². The Morgan fingerprint density at radius 2 is 2.33 bits per heavy atom. The quantitative estimate of drug-likeness (QED) is 0.326. The minimum atomic E-state index is 0.0609. The van der Waals surface area contributed by atoms with Crippen molar-refractivity contribution in [2.45, 2.75) is 26.0 Å². The van der Waals surface area contributed by atoms with E-state index in [2.05, 4.69) is 26.4 Å². The van der Waals surface area contributed by atoms with Gasteiger partial charge in [0.15, 0.2) is 0 Å². The Balaban J connectivity index is 2.80. The normalized spacial score (nSPS) is 13.4. The van der Waals surface area contributed by atoms with Gasteiger partial charge in [0, 0.05) is 35.3 Å². The molecule has 0 aliphatic heterocycles. The highest BCUT2D eigenvalue weighted by molar-refractivity contribution is 9.10. The van der Waals surface area contributed by atoms with Crippen molar-refractivity contribution in [1.82, 2.24) is 0 Å². The topological polar surface area (TPSA) is 79.9 Å². The van der Waals surface area contributed by atoms with Gasteiger partial charge in [-0.05, 0) is 19.1 Å². The number of ether oxygens (including phenoxy) is 1. The van der Waals surface area contributed by atoms with Gasteiger partial charge < -0.3 is 21.0 Å². The molecule has 18 heavy (non-hydrogen) atoms. The lowest BCUT2D eigenvalue weighted by Crippen LogP contribution is -2.25. The van der Waals surface area contributed by atoms with Crippen LogP contribution in [0.4, 0.5) is 5.69 Å². The first-order chi connectivity index (χ1) is 8.58. The molecule has 5 nitrogen and oxygen atoms in total. The van der Waals surface area contributed by atoms with Gasteiger partial charge in [-0.1, -0.05) is 27.2 Å². The molecule has 1 atom stereocenters. The molecule has 0 radical (unpaired) electrons. The molecule has 1 aromatic rings. The Morgan fingerprint density at radius 3 is 2.94 bits per heavy atom. The van der Waals surface area contributed by atoms with Gasteiger partial charge in [0.1, 0.15) is 5.84 Å². The highest BCUT2D eigenvalue weighted by atomic mass is 79.9. The van der Waals surface area contributed by atoms with Gasteiger partial charge in [0.05, 0.1) is 6.61 Å². The third-order valence-electron chi connectivity index (χ3n) is 2.45. The van der Waals surface area contributed by atoms with Crippen LogP contribution in [0, 0.1) is 0 Å². The summed E-state index contributed by atoms with van der Waals surface area (Å²) in [7, 11) is 1.66. The van der Waals surface area contributed by atoms with E-state index in [0.29, 0.717) is 13.0 Å². The Labute approximate surface area is 115 Å². The Bertz CT molecular complexity index is 424. The lowest BCUT2D eigenvalue weighted by atomic mass is 10.1. The third kappa shape index (κ3) is 4.19. The first-order valence-corrected chi connectivity index (χ1v) is 6.37. The molecule has 0 heterocycles. The summed E-state index contributed by atoms with van der Waals surface area (Å²) in [4.78, 5) is 0. The summed E-state index contributed by atoms with van der Waals surface area (Å²) in [6.07, 6.45) is 0.468. The molecular weight excluding hydrogens is 298 g/mol. The van der Waals surface area contributed by atoms with Crippen LogP contribution < -0.4 is 11.1 Å². The van der Waals surface area contributed by atoms with Gasteiger partial charge in [-0.3, -0.25) is 0 Å². The fourth-order valence-corrected chi connectivity index (χ4v) is 2.14. The summed E-state index contributed by atoms with van der Waals surface area (Å²) in [5.41, 5.74) is 7.50. The molecule has 4 N–H and O–H groups in total. The van der Waals surface area contributed by atoms with E-state index < -0.39 is 0 Å². The van der Waals surface area contributed by atoms with Crippen LogP contribution in [-0.4, -0.2) is 24.2 Å². The smallest absolute Gasteiger partial charge is 0.141 e. The maximum atomic E-state index is 8.54. The summed E-state index contributed by atoms with van der Waals surface area (Å²) < 4.78 is 6.17. The van der Waals surface area contributed by atoms with E-state index in [-0.39, 0.29) is 11.9 Å². The van der Waals surface area contributed by atoms with E-state index in [1.807, 2.05) is 25.1 Å². The summed E-state index contributed by atoms with van der Waals surface area (Å²) in [6.45, 7) is 2.48. The Kier molecular flexibility index (Phi) is 5.94. The number of halogens is 1. The van der Waals surface area contributed by atoms with Crippen LogP contribution in [-0.2, 0) is 11.3 Å². The average Bonchev–Trinajstić information content (AvgIpc) is 2.33. The van der Waals surface area contributed by atoms with Gasteiger partial charge in [-0.15, -0.1) is 0 Å². The molecule has 0 aliphatic carbocycles. The fraction of sp³-hybridized carbons (Fsp3) is 0.417. The maximum absolute atomic E-state index is 8.54. The second-order valence-corrected chi connectivity index (χ2v) is 4.89. The summed E-state index contributed by atoms with van der Waals surface area (Å²) in [6, 6.07) is 5.95. The number of oxime groups is 1. The van der Waals surface area contributed by atoms with E-state index in [0.717, 1.165) is 15.7 Å². The van der Waals surface area contributed by atoms with Crippen molar-refractivity contribution in [3.63, 3.8) is 0 Å². The van der Waals surface area contributed by atoms with Crippen LogP contribution in [0.5, 0.6) is 0 Å². The second kappa shape index (κ2) is 7.23. The van der Waals surface area contributed by atoms with Gasteiger partial charge in [-0.2, -0.15) is 0 Å². The first kappa shape index (κ1) is 14.8. The number of rotatable bonds is 6. The lowest BCUT2D eigenvalue weighted by molar-refractivity contribution is 0.185. The molecule has 0 amide bonds. The van der Waals surface area contributed by atoms with Crippen molar-refractivity contribution in [1.29, 1.82) is 0 Å². The van der Waals surface area contributed by atoms with Crippen LogP contribution in [0.3, 0.4) is 0 Å². The van der Waals surface area contributed by atoms with Crippen molar-refractivity contribution >= 4 is 27.5 Å². The summed E-state index contributed by atoms with van der Waals surface area (Å²) in [5.74, 6) is 0.207. The predicted octanol–water partition coefficient (Wildman–Crippen LogP) is 2.53. The van der Waals surface area contributed by atoms with E-state index in [1.165, 1.54) is 0 Å². The first-order valence-electron chi connectivity index (χ1n) is 5.57. The third-order valence-corrected chi connectivity index (χ3v) is 3.20. The minimum Gasteiger partial charge on any atom is -0.409 e. The number of hydrogen-bond donors (Lipinski definition) is 3. The Morgan fingerprint density at radius 1 is 1.61 bits per heavy atom. The van der Waals surface area contributed by atoms with Gasteiger partial charge in [0.2, 0.25) is 0 Å². The van der Waals surface area contributed by atoms with Crippen LogP contribution in [0.2, 0.25) is 0 Å². The number of hydrogen-bond acceptors (Lipinski definition) is 4. The maximum Gasteiger partial charge on any atom is 0.141 e. The molecule has 0 saturated carbocycles. The molecule has 0 spiro atoms. The molecular formula is C12H18BrN3O2. The summed E-state index contributed by atoms with van der Waals surface area (Å²) >= 11 is 3.49. The van der Waals surface area contributed by atoms with Crippen LogP contribution in [0.25, 0.3) is 0 Å². The lowest BCUT2D eigenvalue weighted by Gasteiger charge is -2.18. The monoisotopic (exact) mass is 315 g/mol. The van der Waals surface area contributed by atoms with E-state index in [9.17, 15) is 0 Å². The molecule has 6 heteroatoms. The van der Waals surface area contributed by atoms with E-state index >= 15 is 0 Å². The number of nitrogens with zero attached hydrogens (tertiary/aromatic N) is 1. The molecule has 0 bridgehead atoms. The van der Waals surface area contributed by atoms with Gasteiger partial charge in [-0.25, -0.2) is 0 Å².